The molecule has 3 rings (SSSR count). The molecule has 0 radical (unpaired) electrons. The largest absolute Gasteiger partial charge is 0.481 e. The van der Waals surface area contributed by atoms with Gasteiger partial charge in [-0.2, -0.15) is 0 Å². The summed E-state index contributed by atoms with van der Waals surface area (Å²) in [6.07, 6.45) is 1.32. The molecule has 1 aromatic heterocycles. The Labute approximate surface area is 151 Å². The minimum atomic E-state index is -0.593. The van der Waals surface area contributed by atoms with Crippen LogP contribution in [0.25, 0.3) is 0 Å². The van der Waals surface area contributed by atoms with Gasteiger partial charge in [0, 0.05) is 25.2 Å². The van der Waals surface area contributed by atoms with Gasteiger partial charge in [0.05, 0.1) is 24.9 Å². The quantitative estimate of drug-likeness (QED) is 0.778. The fourth-order valence-corrected chi connectivity index (χ4v) is 3.46. The maximum absolute atomic E-state index is 12.4. The molecular weight excluding hydrogens is 338 g/mol. The van der Waals surface area contributed by atoms with Crippen molar-refractivity contribution in [1.29, 1.82) is 0 Å². The molecule has 3 heterocycles. The summed E-state index contributed by atoms with van der Waals surface area (Å²) in [6, 6.07) is 0.572. The summed E-state index contributed by atoms with van der Waals surface area (Å²) in [6.45, 7) is 3.62. The molecular formula is C17H23N5O4. The number of primary amides is 1. The lowest BCUT2D eigenvalue weighted by atomic mass is 10.1. The molecule has 0 saturated carbocycles. The van der Waals surface area contributed by atoms with Gasteiger partial charge in [-0.15, -0.1) is 0 Å². The number of ether oxygens (including phenoxy) is 1. The van der Waals surface area contributed by atoms with Gasteiger partial charge in [-0.25, -0.2) is 9.78 Å². The first-order valence-corrected chi connectivity index (χ1v) is 8.66. The van der Waals surface area contributed by atoms with Gasteiger partial charge < -0.3 is 25.6 Å². The van der Waals surface area contributed by atoms with Crippen LogP contribution in [0, 0.1) is 0 Å². The van der Waals surface area contributed by atoms with E-state index in [4.69, 9.17) is 10.5 Å². The van der Waals surface area contributed by atoms with Crippen LogP contribution in [-0.2, 0) is 17.9 Å². The monoisotopic (exact) mass is 361 g/mol. The van der Waals surface area contributed by atoms with Crippen molar-refractivity contribution in [3.8, 4) is 5.88 Å². The highest BCUT2D eigenvalue weighted by Gasteiger charge is 2.33. The van der Waals surface area contributed by atoms with Gasteiger partial charge in [0.25, 0.3) is 5.91 Å². The first kappa shape index (κ1) is 18.0. The fourth-order valence-electron chi connectivity index (χ4n) is 3.46. The van der Waals surface area contributed by atoms with Gasteiger partial charge in [-0.3, -0.25) is 9.59 Å². The van der Waals surface area contributed by atoms with Crippen molar-refractivity contribution in [1.82, 2.24) is 20.1 Å². The lowest BCUT2D eigenvalue weighted by Gasteiger charge is -2.22. The Kier molecular flexibility index (Phi) is 4.97. The second kappa shape index (κ2) is 7.19. The summed E-state index contributed by atoms with van der Waals surface area (Å²) < 4.78 is 5.32. The molecule has 3 N–H and O–H groups in total. The van der Waals surface area contributed by atoms with Gasteiger partial charge in [0.1, 0.15) is 6.04 Å². The van der Waals surface area contributed by atoms with Crippen molar-refractivity contribution in [3.63, 3.8) is 0 Å². The maximum Gasteiger partial charge on any atom is 0.315 e. The van der Waals surface area contributed by atoms with E-state index >= 15 is 0 Å². The number of nitrogens with two attached hydrogens (primary N) is 1. The third-order valence-corrected chi connectivity index (χ3v) is 4.87. The molecule has 1 saturated heterocycles. The number of nitrogens with zero attached hydrogens (tertiary/aromatic N) is 3. The van der Waals surface area contributed by atoms with Crippen LogP contribution in [0.3, 0.4) is 0 Å². The number of carbonyl (C=O) groups is 3. The molecule has 0 aromatic carbocycles. The third-order valence-electron chi connectivity index (χ3n) is 4.87. The molecule has 9 nitrogen and oxygen atoms in total. The number of nitrogens with one attached hydrogen (secondary N) is 1. The van der Waals surface area contributed by atoms with E-state index in [0.717, 1.165) is 6.42 Å². The van der Waals surface area contributed by atoms with Gasteiger partial charge >= 0.3 is 6.03 Å². The number of hydrogen-bond donors (Lipinski definition) is 2. The average Bonchev–Trinajstić information content (AvgIpc) is 3.24. The van der Waals surface area contributed by atoms with Gasteiger partial charge in [0.15, 0.2) is 0 Å². The number of urea groups is 1. The Balaban J connectivity index is 1.74. The lowest BCUT2D eigenvalue weighted by molar-refractivity contribution is -0.124. The van der Waals surface area contributed by atoms with E-state index in [1.165, 1.54) is 12.0 Å². The molecule has 1 fully saturated rings. The molecule has 26 heavy (non-hydrogen) atoms. The Morgan fingerprint density at radius 2 is 2.23 bits per heavy atom. The van der Waals surface area contributed by atoms with Crippen molar-refractivity contribution < 1.29 is 19.1 Å². The summed E-state index contributed by atoms with van der Waals surface area (Å²) in [4.78, 5) is 43.7. The van der Waals surface area contributed by atoms with Gasteiger partial charge in [-0.05, 0) is 25.8 Å². The molecule has 1 aromatic rings. The number of pyridine rings is 1. The van der Waals surface area contributed by atoms with Crippen LogP contribution in [0.1, 0.15) is 41.4 Å². The summed E-state index contributed by atoms with van der Waals surface area (Å²) in [5.41, 5.74) is 7.16. The van der Waals surface area contributed by atoms with E-state index in [-0.39, 0.29) is 18.4 Å². The zero-order chi connectivity index (χ0) is 18.8. The smallest absolute Gasteiger partial charge is 0.315 e. The van der Waals surface area contributed by atoms with Crippen molar-refractivity contribution in [2.24, 2.45) is 5.73 Å². The van der Waals surface area contributed by atoms with Crippen LogP contribution in [0.15, 0.2) is 6.07 Å². The van der Waals surface area contributed by atoms with E-state index in [1.54, 1.807) is 11.0 Å². The maximum atomic E-state index is 12.4. The van der Waals surface area contributed by atoms with Crippen LogP contribution in [0.2, 0.25) is 0 Å². The summed E-state index contributed by atoms with van der Waals surface area (Å²) in [7, 11) is 1.50. The number of fused-ring (bicyclic) bond motifs is 1. The number of aromatic nitrogens is 1. The number of rotatable bonds is 5. The van der Waals surface area contributed by atoms with Crippen molar-refractivity contribution in [2.45, 2.75) is 38.9 Å². The number of likely N-dealkylation sites (tertiary alicyclic amines) is 1. The Morgan fingerprint density at radius 3 is 2.88 bits per heavy atom. The molecule has 0 unspecified atom stereocenters. The highest BCUT2D eigenvalue weighted by molar-refractivity contribution is 5.98. The lowest BCUT2D eigenvalue weighted by Crippen LogP contribution is -2.47. The van der Waals surface area contributed by atoms with Crippen molar-refractivity contribution >= 4 is 17.8 Å². The Hall–Kier alpha value is -2.84. The normalized spacial score (nSPS) is 18.8. The Bertz CT molecular complexity index is 751. The standard InChI is InChI=1S/C17H23N5O4/c1-3-21-9-12-11(16(21)24)7-10(15(20-12)26-2)8-19-14(23)13-5-4-6-22(13)17(18)25/h7,13H,3-6,8-9H2,1-2H3,(H2,18,25)(H,19,23)/t13-/m0/s1. The van der Waals surface area contributed by atoms with Crippen molar-refractivity contribution in [3.05, 3.63) is 22.9 Å². The molecule has 1 atom stereocenters. The van der Waals surface area contributed by atoms with Gasteiger partial charge in [-0.1, -0.05) is 0 Å². The second-order valence-corrected chi connectivity index (χ2v) is 6.38. The zero-order valence-electron chi connectivity index (χ0n) is 14.9. The molecule has 0 aliphatic carbocycles. The van der Waals surface area contributed by atoms with Crippen LogP contribution in [-0.4, -0.2) is 58.9 Å². The van der Waals surface area contributed by atoms with E-state index in [2.05, 4.69) is 10.3 Å². The third kappa shape index (κ3) is 3.16. The zero-order valence-corrected chi connectivity index (χ0v) is 14.9. The van der Waals surface area contributed by atoms with Crippen LogP contribution in [0.5, 0.6) is 5.88 Å². The van der Waals surface area contributed by atoms with E-state index in [9.17, 15) is 14.4 Å². The topological polar surface area (TPSA) is 118 Å². The number of amides is 4. The highest BCUT2D eigenvalue weighted by Crippen LogP contribution is 2.27. The van der Waals surface area contributed by atoms with E-state index in [1.807, 2.05) is 6.92 Å². The first-order chi connectivity index (χ1) is 12.5. The average molecular weight is 361 g/mol. The molecule has 140 valence electrons. The predicted octanol–water partition coefficient (Wildman–Crippen LogP) is 0.225. The summed E-state index contributed by atoms with van der Waals surface area (Å²) >= 11 is 0. The fraction of sp³-hybridized carbons (Fsp3) is 0.529. The number of methoxy groups -OCH3 is 1. The summed E-state index contributed by atoms with van der Waals surface area (Å²) in [5, 5.41) is 2.80. The highest BCUT2D eigenvalue weighted by atomic mass is 16.5. The molecule has 9 heteroatoms. The second-order valence-electron chi connectivity index (χ2n) is 6.38. The SMILES string of the molecule is CCN1Cc2nc(OC)c(CNC(=O)[C@@H]3CCCN3C(N)=O)cc2C1=O. The first-order valence-electron chi connectivity index (χ1n) is 8.66. The summed E-state index contributed by atoms with van der Waals surface area (Å²) in [5.74, 6) is 0.0410. The number of carbonyl (C=O) groups excluding carboxylic acids is 3. The predicted molar refractivity (Wildman–Crippen MR) is 92.4 cm³/mol. The number of hydrogen-bond acceptors (Lipinski definition) is 5. The van der Waals surface area contributed by atoms with E-state index in [0.29, 0.717) is 48.8 Å². The molecule has 4 amide bonds. The Morgan fingerprint density at radius 1 is 1.46 bits per heavy atom. The minimum absolute atomic E-state index is 0.0686. The molecule has 2 aliphatic rings. The molecule has 2 aliphatic heterocycles. The van der Waals surface area contributed by atoms with Crippen molar-refractivity contribution in [2.75, 3.05) is 20.2 Å². The molecule has 0 bridgehead atoms. The van der Waals surface area contributed by atoms with E-state index < -0.39 is 12.1 Å². The van der Waals surface area contributed by atoms with Crippen LogP contribution < -0.4 is 15.8 Å². The van der Waals surface area contributed by atoms with Gasteiger partial charge in [0.2, 0.25) is 11.8 Å². The molecule has 0 spiro atoms. The van der Waals surface area contributed by atoms with Crippen LogP contribution in [0.4, 0.5) is 4.79 Å². The van der Waals surface area contributed by atoms with Crippen LogP contribution >= 0.6 is 0 Å². The minimum Gasteiger partial charge on any atom is -0.481 e.